The molecule has 0 amide bonds. The Balaban J connectivity index is 1.53. The highest BCUT2D eigenvalue weighted by molar-refractivity contribution is 5.81. The second-order valence-electron chi connectivity index (χ2n) is 7.07. The number of nitrogens with zero attached hydrogens (tertiary/aromatic N) is 3. The molecule has 156 valence electrons. The fraction of sp³-hybridized carbons (Fsp3) is 0.0400. The van der Waals surface area contributed by atoms with E-state index in [1.54, 1.807) is 37.4 Å². The van der Waals surface area contributed by atoms with Crippen molar-refractivity contribution in [2.75, 3.05) is 5.43 Å². The molecule has 0 aliphatic carbocycles. The minimum Gasteiger partial charge on any atom is -0.290 e. The van der Waals surface area contributed by atoms with Gasteiger partial charge < -0.3 is 0 Å². The maximum atomic E-state index is 13.5. The Kier molecular flexibility index (Phi) is 5.86. The molecule has 0 radical (unpaired) electrons. The first kappa shape index (κ1) is 20.7. The fourth-order valence-electron chi connectivity index (χ4n) is 3.19. The number of anilines is 1. The molecule has 0 fully saturated rings. The van der Waals surface area contributed by atoms with Gasteiger partial charge in [0, 0.05) is 5.56 Å². The van der Waals surface area contributed by atoms with E-state index >= 15 is 0 Å². The van der Waals surface area contributed by atoms with E-state index in [-0.39, 0.29) is 23.0 Å². The van der Waals surface area contributed by atoms with Crippen LogP contribution in [0.3, 0.4) is 0 Å². The molecular weight excluding hydrogens is 405 g/mol. The average molecular weight is 423 g/mol. The van der Waals surface area contributed by atoms with Crippen molar-refractivity contribution in [1.82, 2.24) is 9.97 Å². The van der Waals surface area contributed by atoms with Crippen molar-refractivity contribution in [1.29, 1.82) is 5.26 Å². The third-order valence-corrected chi connectivity index (χ3v) is 4.86. The van der Waals surface area contributed by atoms with Gasteiger partial charge in [0.1, 0.15) is 17.4 Å². The Labute approximate surface area is 183 Å². The van der Waals surface area contributed by atoms with Gasteiger partial charge in [-0.2, -0.15) is 10.4 Å². The van der Waals surface area contributed by atoms with Crippen molar-refractivity contribution in [3.63, 3.8) is 0 Å². The quantitative estimate of drug-likeness (QED) is 0.354. The predicted octanol–water partition coefficient (Wildman–Crippen LogP) is 4.87. The first-order valence-corrected chi connectivity index (χ1v) is 9.80. The molecule has 4 aromatic rings. The Morgan fingerprint density at radius 1 is 1.03 bits per heavy atom. The predicted molar refractivity (Wildman–Crippen MR) is 123 cm³/mol. The van der Waals surface area contributed by atoms with Crippen molar-refractivity contribution >= 4 is 12.2 Å². The van der Waals surface area contributed by atoms with Crippen molar-refractivity contribution < 1.29 is 4.39 Å². The Bertz CT molecular complexity index is 1390. The van der Waals surface area contributed by atoms with Crippen LogP contribution in [0.1, 0.15) is 16.7 Å². The molecule has 0 aliphatic heterocycles. The molecule has 0 spiro atoms. The molecule has 0 aliphatic rings. The number of rotatable bonds is 5. The van der Waals surface area contributed by atoms with E-state index in [0.717, 1.165) is 16.7 Å². The van der Waals surface area contributed by atoms with Crippen LogP contribution in [0.25, 0.3) is 22.4 Å². The molecule has 0 unspecified atom stereocenters. The second kappa shape index (κ2) is 9.06. The lowest BCUT2D eigenvalue weighted by Gasteiger charge is -2.06. The second-order valence-corrected chi connectivity index (χ2v) is 7.07. The molecule has 1 aromatic heterocycles. The van der Waals surface area contributed by atoms with E-state index in [1.165, 1.54) is 6.07 Å². The highest BCUT2D eigenvalue weighted by atomic mass is 19.1. The summed E-state index contributed by atoms with van der Waals surface area (Å²) < 4.78 is 13.5. The van der Waals surface area contributed by atoms with E-state index in [2.05, 4.69) is 20.5 Å². The zero-order valence-electron chi connectivity index (χ0n) is 17.1. The maximum absolute atomic E-state index is 13.5. The highest BCUT2D eigenvalue weighted by Crippen LogP contribution is 2.22. The van der Waals surface area contributed by atoms with Gasteiger partial charge in [-0.15, -0.1) is 0 Å². The summed E-state index contributed by atoms with van der Waals surface area (Å²) in [6.07, 6.45) is 1.58. The van der Waals surface area contributed by atoms with Crippen molar-refractivity contribution in [2.45, 2.75) is 6.92 Å². The number of benzene rings is 3. The number of aryl methyl sites for hydroxylation is 1. The summed E-state index contributed by atoms with van der Waals surface area (Å²) in [7, 11) is 0. The smallest absolute Gasteiger partial charge is 0.270 e. The lowest BCUT2D eigenvalue weighted by atomic mass is 10.0. The van der Waals surface area contributed by atoms with E-state index in [9.17, 15) is 14.4 Å². The van der Waals surface area contributed by atoms with Gasteiger partial charge in [0.15, 0.2) is 0 Å². The van der Waals surface area contributed by atoms with Gasteiger partial charge >= 0.3 is 0 Å². The number of aromatic nitrogens is 2. The van der Waals surface area contributed by atoms with Gasteiger partial charge in [-0.25, -0.2) is 14.8 Å². The van der Waals surface area contributed by atoms with Gasteiger partial charge in [-0.3, -0.25) is 9.78 Å². The van der Waals surface area contributed by atoms with Crippen molar-refractivity contribution in [3.8, 4) is 28.5 Å². The van der Waals surface area contributed by atoms with E-state index in [4.69, 9.17) is 0 Å². The number of hydrazone groups is 1. The number of hydrogen-bond donors (Lipinski definition) is 2. The Morgan fingerprint density at radius 2 is 1.75 bits per heavy atom. The molecule has 0 saturated carbocycles. The highest BCUT2D eigenvalue weighted by Gasteiger charge is 2.12. The van der Waals surface area contributed by atoms with Gasteiger partial charge in [0.2, 0.25) is 5.95 Å². The molecule has 0 bridgehead atoms. The van der Waals surface area contributed by atoms with Crippen molar-refractivity contribution in [3.05, 3.63) is 106 Å². The van der Waals surface area contributed by atoms with Gasteiger partial charge in [0.25, 0.3) is 5.56 Å². The molecule has 3 aromatic carbocycles. The summed E-state index contributed by atoms with van der Waals surface area (Å²) in [6, 6.07) is 23.5. The Hall–Kier alpha value is -4.57. The third kappa shape index (κ3) is 4.45. The lowest BCUT2D eigenvalue weighted by molar-refractivity contribution is 0.619. The largest absolute Gasteiger partial charge is 0.290 e. The first-order valence-electron chi connectivity index (χ1n) is 9.80. The molecule has 1 heterocycles. The standard InChI is InChI=1S/C25H18FN5O/c1-16-13-20(11-12-22(16)26)18-9-7-17(8-10-18)15-28-31-25-29-23(19-5-3-2-4-6-19)21(14-27)24(32)30-25/h2-13,15H,1H3,(H2,29,30,31,32). The molecule has 0 saturated heterocycles. The van der Waals surface area contributed by atoms with Crippen LogP contribution in [0.15, 0.2) is 82.7 Å². The average Bonchev–Trinajstić information content (AvgIpc) is 2.81. The molecule has 7 heteroatoms. The van der Waals surface area contributed by atoms with Crippen LogP contribution in [0.2, 0.25) is 0 Å². The number of nitrogens with one attached hydrogen (secondary N) is 2. The third-order valence-electron chi connectivity index (χ3n) is 4.86. The van der Waals surface area contributed by atoms with E-state index in [0.29, 0.717) is 11.1 Å². The number of aromatic amines is 1. The van der Waals surface area contributed by atoms with E-state index < -0.39 is 5.56 Å². The number of halogens is 1. The zero-order chi connectivity index (χ0) is 22.5. The molecule has 0 atom stereocenters. The first-order chi connectivity index (χ1) is 15.5. The number of nitriles is 1. The van der Waals surface area contributed by atoms with Crippen LogP contribution in [-0.4, -0.2) is 16.2 Å². The SMILES string of the molecule is Cc1cc(-c2ccc(C=NNc3nc(-c4ccccc4)c(C#N)c(=O)[nH]3)cc2)ccc1F. The van der Waals surface area contributed by atoms with E-state index in [1.807, 2.05) is 48.5 Å². The Morgan fingerprint density at radius 3 is 2.44 bits per heavy atom. The van der Waals surface area contributed by atoms with Crippen LogP contribution in [0.5, 0.6) is 0 Å². The van der Waals surface area contributed by atoms with Gasteiger partial charge in [-0.05, 0) is 41.3 Å². The zero-order valence-corrected chi connectivity index (χ0v) is 17.1. The van der Waals surface area contributed by atoms with Gasteiger partial charge in [-0.1, -0.05) is 60.7 Å². The normalized spacial score (nSPS) is 10.8. The van der Waals surface area contributed by atoms with Crippen LogP contribution in [-0.2, 0) is 0 Å². The molecular formula is C25H18FN5O. The summed E-state index contributed by atoms with van der Waals surface area (Å²) in [5, 5.41) is 13.5. The molecule has 6 nitrogen and oxygen atoms in total. The minimum absolute atomic E-state index is 0.0580. The monoisotopic (exact) mass is 423 g/mol. The number of H-pyrrole nitrogens is 1. The minimum atomic E-state index is -0.544. The summed E-state index contributed by atoms with van der Waals surface area (Å²) in [6.45, 7) is 1.73. The topological polar surface area (TPSA) is 93.9 Å². The van der Waals surface area contributed by atoms with Crippen LogP contribution < -0.4 is 11.0 Å². The van der Waals surface area contributed by atoms with Crippen LogP contribution in [0.4, 0.5) is 10.3 Å². The van der Waals surface area contributed by atoms with Crippen LogP contribution >= 0.6 is 0 Å². The number of hydrogen-bond acceptors (Lipinski definition) is 5. The maximum Gasteiger partial charge on any atom is 0.270 e. The summed E-state index contributed by atoms with van der Waals surface area (Å²) in [5.41, 5.74) is 6.36. The molecule has 2 N–H and O–H groups in total. The van der Waals surface area contributed by atoms with Crippen molar-refractivity contribution in [2.24, 2.45) is 5.10 Å². The summed E-state index contributed by atoms with van der Waals surface area (Å²) in [5.74, 6) is -0.101. The summed E-state index contributed by atoms with van der Waals surface area (Å²) in [4.78, 5) is 19.1. The fourth-order valence-corrected chi connectivity index (χ4v) is 3.19. The molecule has 32 heavy (non-hydrogen) atoms. The van der Waals surface area contributed by atoms with Gasteiger partial charge in [0.05, 0.1) is 11.9 Å². The van der Waals surface area contributed by atoms with Crippen LogP contribution in [0, 0.1) is 24.1 Å². The molecule has 4 rings (SSSR count). The summed E-state index contributed by atoms with van der Waals surface area (Å²) >= 11 is 0. The lowest BCUT2D eigenvalue weighted by Crippen LogP contribution is -2.16.